The van der Waals surface area contributed by atoms with E-state index in [1.807, 2.05) is 0 Å². The van der Waals surface area contributed by atoms with Gasteiger partial charge in [0.1, 0.15) is 6.10 Å². The van der Waals surface area contributed by atoms with Gasteiger partial charge in [0.2, 0.25) is 5.91 Å². The highest BCUT2D eigenvalue weighted by atomic mass is 32.1. The van der Waals surface area contributed by atoms with Gasteiger partial charge < -0.3 is 15.2 Å². The minimum atomic E-state index is -5.08. The molecule has 2 aliphatic heterocycles. The van der Waals surface area contributed by atoms with Crippen LogP contribution in [0, 0.1) is 5.92 Å². The van der Waals surface area contributed by atoms with Gasteiger partial charge in [-0.05, 0) is 47.7 Å². The summed E-state index contributed by atoms with van der Waals surface area (Å²) in [5, 5.41) is 14.1. The van der Waals surface area contributed by atoms with Crippen LogP contribution in [0.5, 0.6) is 0 Å². The van der Waals surface area contributed by atoms with Crippen molar-refractivity contribution in [1.82, 2.24) is 10.2 Å². The van der Waals surface area contributed by atoms with E-state index in [-0.39, 0.29) is 18.1 Å². The standard InChI is InChI=1S/C14H20N2O2S.C2HF3O2/c1-15-14(17)12-6-11-2-4-16(8-13(11)18-12)7-10-3-5-19-9-10;3-2(4,5)1(6)7/h3,5,9,11-13H,2,4,6-8H2,1H3,(H,15,17);(H,6,7)/t11-,12+,13+;/m0./s1. The highest BCUT2D eigenvalue weighted by molar-refractivity contribution is 7.07. The first kappa shape index (κ1) is 20.7. The Bertz CT molecular complexity index is 609. The van der Waals surface area contributed by atoms with Crippen molar-refractivity contribution in [3.8, 4) is 0 Å². The predicted octanol–water partition coefficient (Wildman–Crippen LogP) is 2.11. The Kier molecular flexibility index (Phi) is 7.01. The molecule has 2 saturated heterocycles. The molecule has 0 spiro atoms. The first-order valence-electron chi connectivity index (χ1n) is 8.11. The molecule has 2 fully saturated rings. The molecule has 1 aromatic rings. The Hall–Kier alpha value is -1.65. The van der Waals surface area contributed by atoms with Crippen molar-refractivity contribution >= 4 is 23.2 Å². The largest absolute Gasteiger partial charge is 0.490 e. The van der Waals surface area contributed by atoms with E-state index in [2.05, 4.69) is 27.0 Å². The summed E-state index contributed by atoms with van der Waals surface area (Å²) < 4.78 is 37.7. The van der Waals surface area contributed by atoms with E-state index in [9.17, 15) is 18.0 Å². The average molecular weight is 394 g/mol. The lowest BCUT2D eigenvalue weighted by Gasteiger charge is -2.33. The maximum atomic E-state index is 11.6. The molecule has 26 heavy (non-hydrogen) atoms. The molecule has 6 nitrogen and oxygen atoms in total. The molecule has 0 aromatic carbocycles. The summed E-state index contributed by atoms with van der Waals surface area (Å²) in [6.45, 7) is 3.07. The van der Waals surface area contributed by atoms with Crippen molar-refractivity contribution < 1.29 is 32.6 Å². The number of nitrogens with one attached hydrogen (secondary N) is 1. The van der Waals surface area contributed by atoms with E-state index in [0.29, 0.717) is 5.92 Å². The number of alkyl halides is 3. The van der Waals surface area contributed by atoms with Gasteiger partial charge in [-0.1, -0.05) is 0 Å². The fourth-order valence-corrected chi connectivity index (χ4v) is 3.77. The summed E-state index contributed by atoms with van der Waals surface area (Å²) in [6.07, 6.45) is -3.06. The van der Waals surface area contributed by atoms with E-state index in [1.165, 1.54) is 5.56 Å². The van der Waals surface area contributed by atoms with Gasteiger partial charge in [-0.3, -0.25) is 9.69 Å². The van der Waals surface area contributed by atoms with Crippen LogP contribution < -0.4 is 5.32 Å². The minimum Gasteiger partial charge on any atom is -0.475 e. The first-order valence-corrected chi connectivity index (χ1v) is 9.05. The van der Waals surface area contributed by atoms with E-state index in [1.54, 1.807) is 18.4 Å². The number of amides is 1. The van der Waals surface area contributed by atoms with Crippen LogP contribution >= 0.6 is 11.3 Å². The molecular weight excluding hydrogens is 373 g/mol. The van der Waals surface area contributed by atoms with E-state index >= 15 is 0 Å². The average Bonchev–Trinajstić information content (AvgIpc) is 3.22. The molecular formula is C16H21F3N2O4S. The van der Waals surface area contributed by atoms with Gasteiger partial charge in [-0.25, -0.2) is 4.79 Å². The van der Waals surface area contributed by atoms with Crippen LogP contribution in [-0.4, -0.2) is 60.4 Å². The van der Waals surface area contributed by atoms with Crippen molar-refractivity contribution in [2.24, 2.45) is 5.92 Å². The van der Waals surface area contributed by atoms with Gasteiger partial charge in [0.05, 0.1) is 6.10 Å². The number of carbonyl (C=O) groups excluding carboxylic acids is 1. The number of carboxylic acids is 1. The molecule has 1 aromatic heterocycles. The molecule has 2 aliphatic rings. The maximum Gasteiger partial charge on any atom is 0.490 e. The van der Waals surface area contributed by atoms with Crippen LogP contribution in [0.2, 0.25) is 0 Å². The number of fused-ring (bicyclic) bond motifs is 1. The number of hydrogen-bond donors (Lipinski definition) is 2. The Morgan fingerprint density at radius 3 is 2.69 bits per heavy atom. The Balaban J connectivity index is 0.000000298. The molecule has 0 bridgehead atoms. The molecule has 2 N–H and O–H groups in total. The number of hydrogen-bond acceptors (Lipinski definition) is 5. The molecule has 3 atom stereocenters. The van der Waals surface area contributed by atoms with Crippen molar-refractivity contribution in [1.29, 1.82) is 0 Å². The van der Waals surface area contributed by atoms with Gasteiger partial charge in [0.25, 0.3) is 0 Å². The number of carbonyl (C=O) groups is 2. The number of ether oxygens (including phenoxy) is 1. The smallest absolute Gasteiger partial charge is 0.475 e. The Morgan fingerprint density at radius 1 is 1.46 bits per heavy atom. The summed E-state index contributed by atoms with van der Waals surface area (Å²) in [7, 11) is 1.68. The fourth-order valence-electron chi connectivity index (χ4n) is 3.11. The third kappa shape index (κ3) is 5.68. The summed E-state index contributed by atoms with van der Waals surface area (Å²) in [4.78, 5) is 23.0. The number of aliphatic carboxylic acids is 1. The lowest BCUT2D eigenvalue weighted by atomic mass is 9.91. The normalized spacial score (nSPS) is 25.8. The van der Waals surface area contributed by atoms with Crippen LogP contribution in [0.25, 0.3) is 0 Å². The molecule has 3 rings (SSSR count). The van der Waals surface area contributed by atoms with Crippen LogP contribution in [0.1, 0.15) is 18.4 Å². The van der Waals surface area contributed by atoms with Gasteiger partial charge in [-0.2, -0.15) is 24.5 Å². The first-order chi connectivity index (χ1) is 12.2. The van der Waals surface area contributed by atoms with Crippen LogP contribution in [0.15, 0.2) is 16.8 Å². The second-order valence-electron chi connectivity index (χ2n) is 6.23. The van der Waals surface area contributed by atoms with Crippen LogP contribution in [0.4, 0.5) is 13.2 Å². The van der Waals surface area contributed by atoms with Gasteiger partial charge in [0.15, 0.2) is 0 Å². The Labute approximate surface area is 152 Å². The SMILES string of the molecule is CNC(=O)[C@H]1C[C@@H]2CCN(Cc3ccsc3)C[C@H]2O1.O=C(O)C(F)(F)F. The highest BCUT2D eigenvalue weighted by Crippen LogP contribution is 2.33. The number of likely N-dealkylation sites (N-methyl/N-ethyl adjacent to an activating group) is 1. The topological polar surface area (TPSA) is 78.9 Å². The Morgan fingerprint density at radius 2 is 2.15 bits per heavy atom. The zero-order valence-electron chi connectivity index (χ0n) is 14.2. The van der Waals surface area contributed by atoms with Crippen LogP contribution in [0.3, 0.4) is 0 Å². The van der Waals surface area contributed by atoms with E-state index in [0.717, 1.165) is 32.5 Å². The molecule has 0 aliphatic carbocycles. The zero-order valence-corrected chi connectivity index (χ0v) is 15.0. The lowest BCUT2D eigenvalue weighted by molar-refractivity contribution is -0.192. The fraction of sp³-hybridized carbons (Fsp3) is 0.625. The maximum absolute atomic E-state index is 11.6. The minimum absolute atomic E-state index is 0.0267. The number of thiophene rings is 1. The van der Waals surface area contributed by atoms with Crippen molar-refractivity contribution in [2.75, 3.05) is 20.1 Å². The van der Waals surface area contributed by atoms with Gasteiger partial charge >= 0.3 is 12.1 Å². The van der Waals surface area contributed by atoms with Gasteiger partial charge in [0, 0.05) is 20.1 Å². The van der Waals surface area contributed by atoms with Gasteiger partial charge in [-0.15, -0.1) is 0 Å². The summed E-state index contributed by atoms with van der Waals surface area (Å²) >= 11 is 1.74. The van der Waals surface area contributed by atoms with Crippen molar-refractivity contribution in [3.63, 3.8) is 0 Å². The quantitative estimate of drug-likeness (QED) is 0.821. The molecule has 10 heteroatoms. The number of piperidine rings is 1. The third-order valence-corrected chi connectivity index (χ3v) is 5.14. The molecule has 3 heterocycles. The van der Waals surface area contributed by atoms with Crippen LogP contribution in [-0.2, 0) is 20.9 Å². The lowest BCUT2D eigenvalue weighted by Crippen LogP contribution is -2.42. The van der Waals surface area contributed by atoms with E-state index in [4.69, 9.17) is 14.6 Å². The predicted molar refractivity (Wildman–Crippen MR) is 88.7 cm³/mol. The second kappa shape index (κ2) is 8.83. The summed E-state index contributed by atoms with van der Waals surface area (Å²) in [5.41, 5.74) is 1.38. The number of carboxylic acid groups (broad SMARTS) is 1. The zero-order chi connectivity index (χ0) is 19.3. The number of rotatable bonds is 3. The number of likely N-dealkylation sites (tertiary alicyclic amines) is 1. The van der Waals surface area contributed by atoms with Crippen molar-refractivity contribution in [2.45, 2.75) is 37.8 Å². The highest BCUT2D eigenvalue weighted by Gasteiger charge is 2.41. The molecule has 1 amide bonds. The molecule has 146 valence electrons. The van der Waals surface area contributed by atoms with Crippen molar-refractivity contribution in [3.05, 3.63) is 22.4 Å². The van der Waals surface area contributed by atoms with E-state index < -0.39 is 12.1 Å². The molecule has 0 saturated carbocycles. The summed E-state index contributed by atoms with van der Waals surface area (Å²) in [5.74, 6) is -2.17. The third-order valence-electron chi connectivity index (χ3n) is 4.40. The monoisotopic (exact) mass is 394 g/mol. The second-order valence-corrected chi connectivity index (χ2v) is 7.01. The number of halogens is 3. The molecule has 0 radical (unpaired) electrons. The number of nitrogens with zero attached hydrogens (tertiary/aromatic N) is 1. The summed E-state index contributed by atoms with van der Waals surface area (Å²) in [6, 6.07) is 2.18. The molecule has 0 unspecified atom stereocenters.